The van der Waals surface area contributed by atoms with Gasteiger partial charge in [-0.1, -0.05) is 12.0 Å². The summed E-state index contributed by atoms with van der Waals surface area (Å²) in [5.74, 6) is 4.29. The van der Waals surface area contributed by atoms with Crippen LogP contribution in [0.25, 0.3) is 0 Å². The van der Waals surface area contributed by atoms with Crippen LogP contribution in [0.4, 0.5) is 11.4 Å². The number of anilines is 2. The Morgan fingerprint density at radius 1 is 1.03 bits per heavy atom. The van der Waals surface area contributed by atoms with E-state index in [1.807, 2.05) is 41.3 Å². The number of hydrogen-bond donors (Lipinski definition) is 1. The number of aliphatic imine (C=N–C) groups is 1. The van der Waals surface area contributed by atoms with Crippen molar-refractivity contribution < 1.29 is 18.9 Å². The van der Waals surface area contributed by atoms with Crippen molar-refractivity contribution >= 4 is 29.6 Å². The van der Waals surface area contributed by atoms with E-state index in [1.54, 1.807) is 14.2 Å². The van der Waals surface area contributed by atoms with Crippen LogP contribution in [0.2, 0.25) is 0 Å². The highest BCUT2D eigenvalue weighted by Crippen LogP contribution is 2.40. The summed E-state index contributed by atoms with van der Waals surface area (Å²) in [4.78, 5) is 6.49. The summed E-state index contributed by atoms with van der Waals surface area (Å²) in [7, 11) is 3.25. The molecule has 3 rings (SSSR count). The van der Waals surface area contributed by atoms with E-state index >= 15 is 0 Å². The predicted octanol–water partition coefficient (Wildman–Crippen LogP) is 2.95. The minimum atomic E-state index is 0. The van der Waals surface area contributed by atoms with E-state index in [-0.39, 0.29) is 12.4 Å². The summed E-state index contributed by atoms with van der Waals surface area (Å²) in [6, 6.07) is 11.5. The van der Waals surface area contributed by atoms with Gasteiger partial charge in [-0.3, -0.25) is 0 Å². The average Bonchev–Trinajstić information content (AvgIpc) is 2.75. The molecule has 0 aliphatic carbocycles. The van der Waals surface area contributed by atoms with E-state index in [9.17, 15) is 0 Å². The molecule has 8 heteroatoms. The van der Waals surface area contributed by atoms with Gasteiger partial charge < -0.3 is 29.6 Å². The summed E-state index contributed by atoms with van der Waals surface area (Å²) >= 11 is 0. The molecule has 2 aromatic rings. The molecule has 0 fully saturated rings. The SMILES string of the molecule is C#Cc1cccc(N2CN=C(N)c3cc(OCCOC)c(OCCOC)cc32)c1.Cl. The second kappa shape index (κ2) is 11.3. The Morgan fingerprint density at radius 2 is 1.70 bits per heavy atom. The maximum Gasteiger partial charge on any atom is 0.163 e. The van der Waals surface area contributed by atoms with Gasteiger partial charge in [0.2, 0.25) is 0 Å². The third-order valence-corrected chi connectivity index (χ3v) is 4.43. The Morgan fingerprint density at radius 3 is 2.33 bits per heavy atom. The fourth-order valence-electron chi connectivity index (χ4n) is 2.97. The van der Waals surface area contributed by atoms with Gasteiger partial charge in [0, 0.05) is 37.1 Å². The first kappa shape index (κ1) is 23.4. The first-order chi connectivity index (χ1) is 14.2. The predicted molar refractivity (Wildman–Crippen MR) is 121 cm³/mol. The van der Waals surface area contributed by atoms with Gasteiger partial charge in [-0.05, 0) is 24.3 Å². The summed E-state index contributed by atoms with van der Waals surface area (Å²) in [5, 5.41) is 0. The Labute approximate surface area is 183 Å². The standard InChI is InChI=1S/C22H25N3O4.ClH/c1-4-16-6-5-7-17(12-16)25-15-24-22(23)18-13-20(28-10-8-26-2)21(14-19(18)25)29-11-9-27-3;/h1,5-7,12-14H,8-11,15H2,2-3H3,(H2,23,24);1H. The molecule has 0 atom stereocenters. The van der Waals surface area contributed by atoms with Gasteiger partial charge in [0.05, 0.1) is 18.9 Å². The number of fused-ring (bicyclic) bond motifs is 1. The lowest BCUT2D eigenvalue weighted by Gasteiger charge is -2.30. The fraction of sp³-hybridized carbons (Fsp3) is 0.318. The van der Waals surface area contributed by atoms with Crippen LogP contribution in [-0.2, 0) is 9.47 Å². The minimum absolute atomic E-state index is 0. The lowest BCUT2D eigenvalue weighted by molar-refractivity contribution is 0.132. The lowest BCUT2D eigenvalue weighted by atomic mass is 10.1. The van der Waals surface area contributed by atoms with Crippen LogP contribution in [-0.4, -0.2) is 53.2 Å². The third-order valence-electron chi connectivity index (χ3n) is 4.43. The van der Waals surface area contributed by atoms with Gasteiger partial charge in [-0.2, -0.15) is 0 Å². The largest absolute Gasteiger partial charge is 0.487 e. The summed E-state index contributed by atoms with van der Waals surface area (Å²) in [5.41, 5.74) is 9.55. The van der Waals surface area contributed by atoms with Crippen LogP contribution in [0.5, 0.6) is 11.5 Å². The first-order valence-electron chi connectivity index (χ1n) is 9.24. The smallest absolute Gasteiger partial charge is 0.163 e. The van der Waals surface area contributed by atoms with Crippen LogP contribution >= 0.6 is 12.4 Å². The maximum absolute atomic E-state index is 6.19. The van der Waals surface area contributed by atoms with Crippen LogP contribution in [0.15, 0.2) is 41.4 Å². The van der Waals surface area contributed by atoms with Crippen molar-refractivity contribution in [3.05, 3.63) is 47.5 Å². The van der Waals surface area contributed by atoms with Gasteiger partial charge in [-0.25, -0.2) is 4.99 Å². The van der Waals surface area contributed by atoms with Crippen molar-refractivity contribution in [3.63, 3.8) is 0 Å². The number of amidine groups is 1. The number of benzene rings is 2. The second-order valence-corrected chi connectivity index (χ2v) is 6.31. The van der Waals surface area contributed by atoms with Crippen LogP contribution in [0.3, 0.4) is 0 Å². The molecule has 0 saturated heterocycles. The highest BCUT2D eigenvalue weighted by molar-refractivity contribution is 6.05. The number of rotatable bonds is 9. The Kier molecular flexibility index (Phi) is 8.81. The molecule has 0 spiro atoms. The van der Waals surface area contributed by atoms with Crippen molar-refractivity contribution in [2.24, 2.45) is 10.7 Å². The molecule has 7 nitrogen and oxygen atoms in total. The van der Waals surface area contributed by atoms with Gasteiger partial charge >= 0.3 is 0 Å². The molecular formula is C22H26ClN3O4. The molecule has 2 aromatic carbocycles. The van der Waals surface area contributed by atoms with Crippen molar-refractivity contribution in [3.8, 4) is 23.8 Å². The molecule has 0 aromatic heterocycles. The molecule has 0 bridgehead atoms. The second-order valence-electron chi connectivity index (χ2n) is 6.31. The van der Waals surface area contributed by atoms with E-state index < -0.39 is 0 Å². The Bertz CT molecular complexity index is 927. The lowest BCUT2D eigenvalue weighted by Crippen LogP contribution is -2.29. The van der Waals surface area contributed by atoms with Gasteiger partial charge in [0.15, 0.2) is 11.5 Å². The zero-order chi connectivity index (χ0) is 20.6. The molecule has 1 aliphatic heterocycles. The molecule has 160 valence electrons. The number of halogens is 1. The molecule has 1 heterocycles. The first-order valence-corrected chi connectivity index (χ1v) is 9.24. The highest BCUT2D eigenvalue weighted by atomic mass is 35.5. The summed E-state index contributed by atoms with van der Waals surface area (Å²) in [6.45, 7) is 2.09. The monoisotopic (exact) mass is 431 g/mol. The van der Waals surface area contributed by atoms with E-state index in [1.165, 1.54) is 0 Å². The van der Waals surface area contributed by atoms with Gasteiger partial charge in [0.25, 0.3) is 0 Å². The van der Waals surface area contributed by atoms with Gasteiger partial charge in [0.1, 0.15) is 25.7 Å². The quantitative estimate of drug-likeness (QED) is 0.486. The molecule has 0 amide bonds. The van der Waals surface area contributed by atoms with Crippen LogP contribution in [0, 0.1) is 12.3 Å². The van der Waals surface area contributed by atoms with Crippen molar-refractivity contribution in [2.75, 3.05) is 52.2 Å². The number of terminal acetylenes is 1. The number of nitrogens with two attached hydrogens (primary N) is 1. The highest BCUT2D eigenvalue weighted by Gasteiger charge is 2.24. The van der Waals surface area contributed by atoms with Crippen molar-refractivity contribution in [1.29, 1.82) is 0 Å². The number of methoxy groups -OCH3 is 2. The van der Waals surface area contributed by atoms with E-state index in [0.717, 1.165) is 22.5 Å². The van der Waals surface area contributed by atoms with Crippen LogP contribution in [0.1, 0.15) is 11.1 Å². The van der Waals surface area contributed by atoms with Gasteiger partial charge in [-0.15, -0.1) is 18.8 Å². The summed E-state index contributed by atoms with van der Waals surface area (Å²) < 4.78 is 21.9. The number of hydrogen-bond acceptors (Lipinski definition) is 7. The molecular weight excluding hydrogens is 406 g/mol. The Balaban J connectivity index is 0.00000320. The zero-order valence-electron chi connectivity index (χ0n) is 17.1. The minimum Gasteiger partial charge on any atom is -0.487 e. The molecule has 1 aliphatic rings. The maximum atomic E-state index is 6.19. The molecule has 0 unspecified atom stereocenters. The zero-order valence-corrected chi connectivity index (χ0v) is 17.9. The molecule has 2 N–H and O–H groups in total. The normalized spacial score (nSPS) is 12.3. The summed E-state index contributed by atoms with van der Waals surface area (Å²) in [6.07, 6.45) is 5.56. The van der Waals surface area contributed by atoms with Crippen molar-refractivity contribution in [1.82, 2.24) is 0 Å². The third kappa shape index (κ3) is 5.36. The molecule has 30 heavy (non-hydrogen) atoms. The molecule has 0 saturated carbocycles. The Hall–Kier alpha value is -2.92. The van der Waals surface area contributed by atoms with E-state index in [0.29, 0.717) is 50.4 Å². The van der Waals surface area contributed by atoms with Crippen molar-refractivity contribution in [2.45, 2.75) is 0 Å². The van der Waals surface area contributed by atoms with Crippen LogP contribution < -0.4 is 20.1 Å². The topological polar surface area (TPSA) is 78.5 Å². The van der Waals surface area contributed by atoms with E-state index in [4.69, 9.17) is 31.1 Å². The van der Waals surface area contributed by atoms with E-state index in [2.05, 4.69) is 10.9 Å². The fourth-order valence-corrected chi connectivity index (χ4v) is 2.97. The average molecular weight is 432 g/mol. The number of ether oxygens (including phenoxy) is 4. The molecule has 0 radical (unpaired) electrons. The number of nitrogens with zero attached hydrogens (tertiary/aromatic N) is 2.